The van der Waals surface area contributed by atoms with E-state index in [0.29, 0.717) is 35.5 Å². The van der Waals surface area contributed by atoms with Crippen LogP contribution >= 0.6 is 0 Å². The van der Waals surface area contributed by atoms with E-state index in [4.69, 9.17) is 0 Å². The Hall–Kier alpha value is -3.00. The van der Waals surface area contributed by atoms with E-state index in [1.807, 2.05) is 19.0 Å². The summed E-state index contributed by atoms with van der Waals surface area (Å²) < 4.78 is 15.6. The number of amides is 1. The van der Waals surface area contributed by atoms with Crippen molar-refractivity contribution in [2.45, 2.75) is 26.3 Å². The van der Waals surface area contributed by atoms with Gasteiger partial charge in [-0.25, -0.2) is 4.39 Å². The maximum absolute atomic E-state index is 14.0. The smallest absolute Gasteiger partial charge is 0.295 e. The van der Waals surface area contributed by atoms with Gasteiger partial charge in [0, 0.05) is 19.3 Å². The van der Waals surface area contributed by atoms with Crippen molar-refractivity contribution in [3.05, 3.63) is 58.2 Å². The first kappa shape index (κ1) is 21.7. The largest absolute Gasteiger partial charge is 0.507 e. The normalized spacial score (nSPS) is 18.6. The number of likely N-dealkylation sites (tertiary alicyclic amines) is 1. The van der Waals surface area contributed by atoms with Crippen LogP contribution in [0, 0.1) is 19.7 Å². The van der Waals surface area contributed by atoms with Gasteiger partial charge in [-0.05, 0) is 58.6 Å². The van der Waals surface area contributed by atoms with Crippen LogP contribution in [-0.4, -0.2) is 63.6 Å². The number of hydrogen-bond acceptors (Lipinski definition) is 5. The van der Waals surface area contributed by atoms with Gasteiger partial charge in [0.05, 0.1) is 22.9 Å². The minimum Gasteiger partial charge on any atom is -0.507 e. The van der Waals surface area contributed by atoms with Crippen molar-refractivity contribution < 1.29 is 19.1 Å². The highest BCUT2D eigenvalue weighted by atomic mass is 19.1. The third-order valence-corrected chi connectivity index (χ3v) is 5.45. The molecule has 0 radical (unpaired) electrons. The predicted molar refractivity (Wildman–Crippen MR) is 111 cm³/mol. The van der Waals surface area contributed by atoms with Crippen molar-refractivity contribution in [2.75, 3.05) is 27.2 Å². The Morgan fingerprint density at radius 3 is 2.53 bits per heavy atom. The van der Waals surface area contributed by atoms with Crippen LogP contribution < -0.4 is 0 Å². The highest BCUT2D eigenvalue weighted by Crippen LogP contribution is 2.40. The summed E-state index contributed by atoms with van der Waals surface area (Å²) in [6, 6.07) is 4.94. The lowest BCUT2D eigenvalue weighted by molar-refractivity contribution is -0.139. The summed E-state index contributed by atoms with van der Waals surface area (Å²) in [5.41, 5.74) is 2.05. The Morgan fingerprint density at radius 2 is 1.97 bits per heavy atom. The standard InChI is InChI=1S/C22H27FN4O3/c1-13-17(14(2)26(5)24-13)20(28)18-19(15-8-6-9-16(23)12-15)27(22(30)21(18)29)11-7-10-25(3)4/h6,8-9,12,19,28H,7,10-11H2,1-5H3/b20-18+. The first-order valence-electron chi connectivity index (χ1n) is 9.82. The minimum atomic E-state index is -0.859. The fraction of sp³-hybridized carbons (Fsp3) is 0.409. The molecule has 1 saturated heterocycles. The molecule has 1 unspecified atom stereocenters. The third kappa shape index (κ3) is 3.87. The van der Waals surface area contributed by atoms with E-state index in [9.17, 15) is 19.1 Å². The molecule has 7 nitrogen and oxygen atoms in total. The maximum Gasteiger partial charge on any atom is 0.295 e. The van der Waals surface area contributed by atoms with Crippen LogP contribution in [0.1, 0.15) is 35.0 Å². The number of hydrogen-bond donors (Lipinski definition) is 1. The summed E-state index contributed by atoms with van der Waals surface area (Å²) in [5, 5.41) is 15.4. The van der Waals surface area contributed by atoms with Crippen LogP contribution in [0.5, 0.6) is 0 Å². The third-order valence-electron chi connectivity index (χ3n) is 5.45. The Morgan fingerprint density at radius 1 is 1.27 bits per heavy atom. The monoisotopic (exact) mass is 414 g/mol. The first-order valence-corrected chi connectivity index (χ1v) is 9.82. The SMILES string of the molecule is Cc1nn(C)c(C)c1/C(O)=C1\C(=O)C(=O)N(CCCN(C)C)C1c1cccc(F)c1. The van der Waals surface area contributed by atoms with Crippen molar-refractivity contribution in [1.29, 1.82) is 0 Å². The summed E-state index contributed by atoms with van der Waals surface area (Å²) in [4.78, 5) is 29.3. The summed E-state index contributed by atoms with van der Waals surface area (Å²) in [7, 11) is 5.58. The van der Waals surface area contributed by atoms with Crippen LogP contribution in [0.3, 0.4) is 0 Å². The predicted octanol–water partition coefficient (Wildman–Crippen LogP) is 2.55. The van der Waals surface area contributed by atoms with Gasteiger partial charge in [0.1, 0.15) is 11.6 Å². The Balaban J connectivity index is 2.16. The van der Waals surface area contributed by atoms with E-state index < -0.39 is 23.5 Å². The number of aromatic nitrogens is 2. The van der Waals surface area contributed by atoms with Crippen LogP contribution in [0.15, 0.2) is 29.8 Å². The van der Waals surface area contributed by atoms with E-state index in [1.54, 1.807) is 31.6 Å². The minimum absolute atomic E-state index is 0.0327. The number of aryl methyl sites for hydroxylation is 2. The second-order valence-corrected chi connectivity index (χ2v) is 7.87. The van der Waals surface area contributed by atoms with Gasteiger partial charge in [0.15, 0.2) is 0 Å². The Bertz CT molecular complexity index is 1030. The van der Waals surface area contributed by atoms with Gasteiger partial charge in [0.2, 0.25) is 0 Å². The number of carbonyl (C=O) groups is 2. The molecule has 1 atom stereocenters. The highest BCUT2D eigenvalue weighted by molar-refractivity contribution is 6.46. The van der Waals surface area contributed by atoms with Crippen molar-refractivity contribution in [3.8, 4) is 0 Å². The van der Waals surface area contributed by atoms with Crippen LogP contribution in [-0.2, 0) is 16.6 Å². The van der Waals surface area contributed by atoms with Crippen molar-refractivity contribution in [3.63, 3.8) is 0 Å². The number of aliphatic hydroxyl groups is 1. The van der Waals surface area contributed by atoms with Gasteiger partial charge in [0.25, 0.3) is 11.7 Å². The molecule has 1 aromatic heterocycles. The van der Waals surface area contributed by atoms with Gasteiger partial charge >= 0.3 is 0 Å². The lowest BCUT2D eigenvalue weighted by Crippen LogP contribution is -2.32. The zero-order valence-corrected chi connectivity index (χ0v) is 17.9. The fourth-order valence-corrected chi connectivity index (χ4v) is 3.94. The van der Waals surface area contributed by atoms with E-state index >= 15 is 0 Å². The number of Topliss-reactive ketones (excluding diaryl/α,β-unsaturated/α-hetero) is 1. The number of carbonyl (C=O) groups excluding carboxylic acids is 2. The van der Waals surface area contributed by atoms with E-state index in [-0.39, 0.29) is 11.3 Å². The van der Waals surface area contributed by atoms with E-state index in [2.05, 4.69) is 5.10 Å². The lowest BCUT2D eigenvalue weighted by Gasteiger charge is -2.26. The maximum atomic E-state index is 14.0. The molecule has 1 aliphatic rings. The van der Waals surface area contributed by atoms with Gasteiger partial charge in [-0.3, -0.25) is 14.3 Å². The zero-order valence-electron chi connectivity index (χ0n) is 17.9. The number of aliphatic hydroxyl groups excluding tert-OH is 1. The molecule has 1 fully saturated rings. The molecular formula is C22H27FN4O3. The quantitative estimate of drug-likeness (QED) is 0.447. The average molecular weight is 414 g/mol. The van der Waals surface area contributed by atoms with Gasteiger partial charge in [-0.1, -0.05) is 12.1 Å². The number of rotatable bonds is 6. The number of benzene rings is 1. The molecule has 3 rings (SSSR count). The van der Waals surface area contributed by atoms with Crippen molar-refractivity contribution in [2.24, 2.45) is 7.05 Å². The second-order valence-electron chi connectivity index (χ2n) is 7.87. The van der Waals surface area contributed by atoms with Crippen molar-refractivity contribution >= 4 is 17.4 Å². The Labute approximate surface area is 175 Å². The molecule has 0 spiro atoms. The molecule has 2 aromatic rings. The molecule has 0 bridgehead atoms. The summed E-state index contributed by atoms with van der Waals surface area (Å²) in [5.74, 6) is -2.21. The topological polar surface area (TPSA) is 78.7 Å². The number of ketones is 1. The molecule has 1 aromatic carbocycles. The molecule has 1 N–H and O–H groups in total. The molecule has 30 heavy (non-hydrogen) atoms. The summed E-state index contributed by atoms with van der Waals surface area (Å²) in [6.45, 7) is 4.54. The fourth-order valence-electron chi connectivity index (χ4n) is 3.94. The molecular weight excluding hydrogens is 387 g/mol. The highest BCUT2D eigenvalue weighted by Gasteiger charge is 2.46. The van der Waals surface area contributed by atoms with E-state index in [1.165, 1.54) is 23.1 Å². The molecule has 0 aliphatic carbocycles. The Kier molecular flexibility index (Phi) is 6.07. The van der Waals surface area contributed by atoms with Gasteiger partial charge in [-0.2, -0.15) is 5.10 Å². The zero-order chi connectivity index (χ0) is 22.2. The van der Waals surface area contributed by atoms with Gasteiger partial charge in [-0.15, -0.1) is 0 Å². The molecule has 8 heteroatoms. The van der Waals surface area contributed by atoms with Gasteiger partial charge < -0.3 is 14.9 Å². The summed E-state index contributed by atoms with van der Waals surface area (Å²) in [6.07, 6.45) is 0.636. The molecule has 160 valence electrons. The number of halogens is 1. The summed E-state index contributed by atoms with van der Waals surface area (Å²) >= 11 is 0. The molecule has 0 saturated carbocycles. The first-order chi connectivity index (χ1) is 14.1. The lowest BCUT2D eigenvalue weighted by atomic mass is 9.94. The number of nitrogens with zero attached hydrogens (tertiary/aromatic N) is 4. The average Bonchev–Trinajstić information content (AvgIpc) is 3.07. The van der Waals surface area contributed by atoms with Crippen LogP contribution in [0.25, 0.3) is 5.76 Å². The van der Waals surface area contributed by atoms with Crippen LogP contribution in [0.4, 0.5) is 4.39 Å². The second kappa shape index (κ2) is 8.39. The van der Waals surface area contributed by atoms with E-state index in [0.717, 1.165) is 6.54 Å². The molecule has 1 amide bonds. The molecule has 1 aliphatic heterocycles. The van der Waals surface area contributed by atoms with Crippen molar-refractivity contribution in [1.82, 2.24) is 19.6 Å². The van der Waals surface area contributed by atoms with Crippen LogP contribution in [0.2, 0.25) is 0 Å². The molecule has 2 heterocycles.